The molecule has 6 heteroatoms. The van der Waals surface area contributed by atoms with Crippen molar-refractivity contribution < 1.29 is 8.42 Å². The van der Waals surface area contributed by atoms with Crippen LogP contribution in [0.25, 0.3) is 0 Å². The van der Waals surface area contributed by atoms with Crippen LogP contribution < -0.4 is 10.0 Å². The Morgan fingerprint density at radius 1 is 1.00 bits per heavy atom. The Morgan fingerprint density at radius 2 is 1.76 bits per heavy atom. The molecule has 1 aliphatic rings. The lowest BCUT2D eigenvalue weighted by Crippen LogP contribution is -2.31. The Morgan fingerprint density at radius 3 is 2.52 bits per heavy atom. The van der Waals surface area contributed by atoms with E-state index in [0.717, 1.165) is 22.7 Å². The average molecular weight is 427 g/mol. The molecule has 3 aromatic rings. The summed E-state index contributed by atoms with van der Waals surface area (Å²) in [5, 5.41) is 4.31. The van der Waals surface area contributed by atoms with Crippen molar-refractivity contribution in [2.45, 2.75) is 36.6 Å². The Bertz CT molecular complexity index is 1140. The first-order valence-corrected chi connectivity index (χ1v) is 11.4. The van der Waals surface area contributed by atoms with E-state index in [0.29, 0.717) is 5.69 Å². The molecule has 4 nitrogen and oxygen atoms in total. The van der Waals surface area contributed by atoms with Crippen molar-refractivity contribution in [3.8, 4) is 0 Å². The largest absolute Gasteiger partial charge is 0.378 e. The van der Waals surface area contributed by atoms with Crippen molar-refractivity contribution in [3.63, 3.8) is 0 Å². The molecule has 0 amide bonds. The van der Waals surface area contributed by atoms with Crippen LogP contribution in [0.3, 0.4) is 0 Å². The molecule has 150 valence electrons. The van der Waals surface area contributed by atoms with Crippen molar-refractivity contribution >= 4 is 33.0 Å². The van der Waals surface area contributed by atoms with E-state index in [2.05, 4.69) is 23.9 Å². The monoisotopic (exact) mass is 426 g/mol. The summed E-state index contributed by atoms with van der Waals surface area (Å²) in [4.78, 5) is 0.244. The van der Waals surface area contributed by atoms with Crippen LogP contribution in [0, 0.1) is 0 Å². The number of nitrogens with one attached hydrogen (secondary N) is 2. The van der Waals surface area contributed by atoms with Crippen LogP contribution in [-0.4, -0.2) is 8.42 Å². The zero-order valence-electron chi connectivity index (χ0n) is 16.3. The number of hydrogen-bond donors (Lipinski definition) is 2. The second-order valence-electron chi connectivity index (χ2n) is 8.02. The molecule has 0 bridgehead atoms. The first-order valence-electron chi connectivity index (χ1n) is 9.49. The van der Waals surface area contributed by atoms with Gasteiger partial charge in [-0.2, -0.15) is 0 Å². The smallest absolute Gasteiger partial charge is 0.261 e. The van der Waals surface area contributed by atoms with Gasteiger partial charge in [-0.25, -0.2) is 8.42 Å². The second kappa shape index (κ2) is 7.39. The molecule has 0 fully saturated rings. The van der Waals surface area contributed by atoms with E-state index in [9.17, 15) is 8.42 Å². The highest BCUT2D eigenvalue weighted by Gasteiger charge is 2.33. The molecule has 0 aliphatic carbocycles. The topological polar surface area (TPSA) is 58.2 Å². The summed E-state index contributed by atoms with van der Waals surface area (Å²) in [6.07, 6.45) is 0.870. The molecule has 0 spiro atoms. The summed E-state index contributed by atoms with van der Waals surface area (Å²) in [5.41, 5.74) is 3.78. The predicted octanol–water partition coefficient (Wildman–Crippen LogP) is 5.98. The zero-order chi connectivity index (χ0) is 20.6. The highest BCUT2D eigenvalue weighted by atomic mass is 35.5. The van der Waals surface area contributed by atoms with Gasteiger partial charge in [-0.3, -0.25) is 4.72 Å². The maximum absolute atomic E-state index is 12.6. The summed E-state index contributed by atoms with van der Waals surface area (Å²) in [5.74, 6) is 0. The van der Waals surface area contributed by atoms with E-state index < -0.39 is 10.0 Å². The lowest BCUT2D eigenvalue weighted by atomic mass is 9.74. The maximum atomic E-state index is 12.6. The van der Waals surface area contributed by atoms with Crippen LogP contribution in [0.5, 0.6) is 0 Å². The molecule has 3 aromatic carbocycles. The van der Waals surface area contributed by atoms with Gasteiger partial charge in [0.2, 0.25) is 0 Å². The number of benzene rings is 3. The zero-order valence-corrected chi connectivity index (χ0v) is 17.9. The van der Waals surface area contributed by atoms with Gasteiger partial charge in [-0.05, 0) is 65.4 Å². The molecule has 0 saturated carbocycles. The Kier molecular flexibility index (Phi) is 5.05. The molecule has 4 rings (SSSR count). The summed E-state index contributed by atoms with van der Waals surface area (Å²) in [6, 6.07) is 21.9. The second-order valence-corrected chi connectivity index (χ2v) is 10.1. The molecule has 1 heterocycles. The minimum Gasteiger partial charge on any atom is -0.378 e. The van der Waals surface area contributed by atoms with Gasteiger partial charge < -0.3 is 5.32 Å². The third-order valence-corrected chi connectivity index (χ3v) is 6.98. The van der Waals surface area contributed by atoms with Gasteiger partial charge in [0.15, 0.2) is 0 Å². The molecule has 1 aliphatic heterocycles. The third kappa shape index (κ3) is 4.11. The molecule has 29 heavy (non-hydrogen) atoms. The highest BCUT2D eigenvalue weighted by Crippen LogP contribution is 2.45. The fraction of sp³-hybridized carbons (Fsp3) is 0.217. The van der Waals surface area contributed by atoms with E-state index in [-0.39, 0.29) is 16.4 Å². The van der Waals surface area contributed by atoms with Crippen LogP contribution in [0.15, 0.2) is 77.7 Å². The van der Waals surface area contributed by atoms with Gasteiger partial charge in [0, 0.05) is 16.4 Å². The van der Waals surface area contributed by atoms with Crippen LogP contribution in [0.1, 0.15) is 37.4 Å². The van der Waals surface area contributed by atoms with Gasteiger partial charge in [0.05, 0.1) is 10.9 Å². The van der Waals surface area contributed by atoms with Crippen molar-refractivity contribution in [2.24, 2.45) is 0 Å². The summed E-state index contributed by atoms with van der Waals surface area (Å²) >= 11 is 6.20. The van der Waals surface area contributed by atoms with Gasteiger partial charge in [-0.15, -0.1) is 0 Å². The van der Waals surface area contributed by atoms with Gasteiger partial charge in [-0.1, -0.05) is 55.8 Å². The van der Waals surface area contributed by atoms with Crippen LogP contribution >= 0.6 is 11.6 Å². The minimum absolute atomic E-state index is 0.0598. The standard InChI is InChI=1S/C23H23ClN2O2S/c1-23(2)15-22(25-21-12-11-17(24)14-20(21)23)16-7-6-8-18(13-16)26-29(27,28)19-9-4-3-5-10-19/h3-14,22,25-26H,15H2,1-2H3. The molecule has 0 radical (unpaired) electrons. The van der Waals surface area contributed by atoms with Crippen LogP contribution in [0.4, 0.5) is 11.4 Å². The van der Waals surface area contributed by atoms with Gasteiger partial charge >= 0.3 is 0 Å². The SMILES string of the molecule is CC1(C)CC(c2cccc(NS(=O)(=O)c3ccccc3)c2)Nc2ccc(Cl)cc21. The van der Waals surface area contributed by atoms with E-state index in [1.165, 1.54) is 5.56 Å². The summed E-state index contributed by atoms with van der Waals surface area (Å²) < 4.78 is 28.0. The van der Waals surface area contributed by atoms with E-state index in [1.807, 2.05) is 36.4 Å². The first-order chi connectivity index (χ1) is 13.7. The van der Waals surface area contributed by atoms with E-state index >= 15 is 0 Å². The van der Waals surface area contributed by atoms with Crippen molar-refractivity contribution in [1.82, 2.24) is 0 Å². The number of anilines is 2. The molecule has 2 N–H and O–H groups in total. The normalized spacial score (nSPS) is 17.8. The number of halogens is 1. The molecular formula is C23H23ClN2O2S. The van der Waals surface area contributed by atoms with Gasteiger partial charge in [0.25, 0.3) is 10.0 Å². The number of sulfonamides is 1. The number of fused-ring (bicyclic) bond motifs is 1. The molecule has 0 aromatic heterocycles. The first kappa shape index (κ1) is 19.8. The van der Waals surface area contributed by atoms with Crippen LogP contribution in [-0.2, 0) is 15.4 Å². The molecule has 1 unspecified atom stereocenters. The lowest BCUT2D eigenvalue weighted by molar-refractivity contribution is 0.427. The fourth-order valence-corrected chi connectivity index (χ4v) is 5.14. The highest BCUT2D eigenvalue weighted by molar-refractivity contribution is 7.92. The van der Waals surface area contributed by atoms with Gasteiger partial charge in [0.1, 0.15) is 0 Å². The quantitative estimate of drug-likeness (QED) is 0.539. The maximum Gasteiger partial charge on any atom is 0.261 e. The Hall–Kier alpha value is -2.50. The van der Waals surface area contributed by atoms with Crippen molar-refractivity contribution in [3.05, 3.63) is 88.9 Å². The fourth-order valence-electron chi connectivity index (χ4n) is 3.90. The van der Waals surface area contributed by atoms with Crippen LogP contribution in [0.2, 0.25) is 5.02 Å². The molecule has 1 atom stereocenters. The van der Waals surface area contributed by atoms with E-state index in [4.69, 9.17) is 11.6 Å². The molecule has 0 saturated heterocycles. The average Bonchev–Trinajstić information content (AvgIpc) is 2.69. The molecular weight excluding hydrogens is 404 g/mol. The minimum atomic E-state index is -3.62. The van der Waals surface area contributed by atoms with Crippen molar-refractivity contribution in [2.75, 3.05) is 10.0 Å². The lowest BCUT2D eigenvalue weighted by Gasteiger charge is -2.39. The Balaban J connectivity index is 1.62. The summed E-state index contributed by atoms with van der Waals surface area (Å²) in [6.45, 7) is 4.41. The Labute approximate surface area is 177 Å². The van der Waals surface area contributed by atoms with Crippen molar-refractivity contribution in [1.29, 1.82) is 0 Å². The predicted molar refractivity (Wildman–Crippen MR) is 119 cm³/mol. The van der Waals surface area contributed by atoms with E-state index in [1.54, 1.807) is 36.4 Å². The summed E-state index contributed by atoms with van der Waals surface area (Å²) in [7, 11) is -3.62. The number of hydrogen-bond acceptors (Lipinski definition) is 3. The number of rotatable bonds is 4. The third-order valence-electron chi connectivity index (χ3n) is 5.35.